The molecule has 1 aromatic rings. The SMILES string of the molecule is Cc1cn([C@H]2C[C@H](O)[C@@H](COP(=O)(O)OP(=O)(O)OP(=S)(S)S)O2)c(=O)[nH]c1=O. The number of aromatic amines is 1. The molecular weight excluding hydrogens is 513 g/mol. The predicted octanol–water partition coefficient (Wildman–Crippen LogP) is 0.828. The van der Waals surface area contributed by atoms with Crippen molar-refractivity contribution >= 4 is 56.6 Å². The summed E-state index contributed by atoms with van der Waals surface area (Å²) in [6.45, 7) is 0.725. The Hall–Kier alpha value is 0.210. The van der Waals surface area contributed by atoms with Crippen LogP contribution < -0.4 is 11.2 Å². The molecular formula is C10H17N2O11P3S3. The first-order chi connectivity index (χ1) is 13.1. The lowest BCUT2D eigenvalue weighted by Gasteiger charge is -2.20. The van der Waals surface area contributed by atoms with E-state index < -0.39 is 56.6 Å². The summed E-state index contributed by atoms with van der Waals surface area (Å²) in [7, 11) is -10.3. The van der Waals surface area contributed by atoms with Crippen LogP contribution in [0.1, 0.15) is 18.2 Å². The first kappa shape index (κ1) is 25.5. The third-order valence-electron chi connectivity index (χ3n) is 3.48. The second-order valence-corrected chi connectivity index (χ2v) is 17.7. The normalized spacial score (nSPS) is 26.8. The number of aromatic nitrogens is 2. The van der Waals surface area contributed by atoms with Crippen LogP contribution in [0.2, 0.25) is 0 Å². The fourth-order valence-electron chi connectivity index (χ4n) is 2.31. The van der Waals surface area contributed by atoms with Gasteiger partial charge in [0.2, 0.25) is 0 Å². The van der Waals surface area contributed by atoms with Gasteiger partial charge in [-0.15, -0.1) is 24.5 Å². The Labute approximate surface area is 179 Å². The summed E-state index contributed by atoms with van der Waals surface area (Å²) in [5.41, 5.74) is -1.13. The summed E-state index contributed by atoms with van der Waals surface area (Å²) in [4.78, 5) is 44.4. The van der Waals surface area contributed by atoms with Crippen molar-refractivity contribution in [2.75, 3.05) is 6.61 Å². The number of ether oxygens (including phenoxy) is 1. The van der Waals surface area contributed by atoms with E-state index in [1.165, 1.54) is 13.1 Å². The fraction of sp³-hybridized carbons (Fsp3) is 0.600. The van der Waals surface area contributed by atoms with E-state index in [0.717, 1.165) is 4.57 Å². The molecule has 0 bridgehead atoms. The Morgan fingerprint density at radius 2 is 1.93 bits per heavy atom. The van der Waals surface area contributed by atoms with Crippen LogP contribution in [0, 0.1) is 6.92 Å². The average molecular weight is 530 g/mol. The van der Waals surface area contributed by atoms with Gasteiger partial charge in [-0.25, -0.2) is 18.2 Å². The maximum atomic E-state index is 11.9. The van der Waals surface area contributed by atoms with Crippen LogP contribution in [0.25, 0.3) is 0 Å². The first-order valence-electron chi connectivity index (χ1n) is 7.52. The molecule has 1 aromatic heterocycles. The smallest absolute Gasteiger partial charge is 0.390 e. The minimum Gasteiger partial charge on any atom is -0.390 e. The largest absolute Gasteiger partial charge is 0.486 e. The zero-order valence-corrected chi connectivity index (χ0v) is 19.7. The molecule has 2 rings (SSSR count). The predicted molar refractivity (Wildman–Crippen MR) is 111 cm³/mol. The molecule has 2 heterocycles. The number of nitrogens with one attached hydrogen (secondary N) is 1. The van der Waals surface area contributed by atoms with E-state index in [4.69, 9.17) is 4.74 Å². The van der Waals surface area contributed by atoms with Crippen LogP contribution >= 0.6 is 44.8 Å². The van der Waals surface area contributed by atoms with E-state index in [1.807, 2.05) is 0 Å². The van der Waals surface area contributed by atoms with Gasteiger partial charge < -0.3 is 19.6 Å². The molecule has 1 aliphatic heterocycles. The van der Waals surface area contributed by atoms with E-state index in [0.29, 0.717) is 0 Å². The van der Waals surface area contributed by atoms with Crippen molar-refractivity contribution in [1.29, 1.82) is 0 Å². The first-order valence-corrected chi connectivity index (χ1v) is 15.5. The van der Waals surface area contributed by atoms with Gasteiger partial charge in [0.05, 0.1) is 12.7 Å². The summed E-state index contributed by atoms with van der Waals surface area (Å²) < 4.78 is 39.6. The van der Waals surface area contributed by atoms with Crippen LogP contribution in [0.15, 0.2) is 15.8 Å². The molecule has 29 heavy (non-hydrogen) atoms. The van der Waals surface area contributed by atoms with Crippen LogP contribution in [-0.4, -0.2) is 43.3 Å². The number of rotatable bonds is 8. The third kappa shape index (κ3) is 7.69. The highest BCUT2D eigenvalue weighted by Gasteiger charge is 2.41. The summed E-state index contributed by atoms with van der Waals surface area (Å²) in [5, 5.41) is 10.1. The van der Waals surface area contributed by atoms with Crippen LogP contribution in [-0.2, 0) is 38.8 Å². The molecule has 0 amide bonds. The van der Waals surface area contributed by atoms with Crippen molar-refractivity contribution in [3.63, 3.8) is 0 Å². The lowest BCUT2D eigenvalue weighted by atomic mass is 10.2. The lowest BCUT2D eigenvalue weighted by Crippen LogP contribution is -2.33. The third-order valence-corrected chi connectivity index (χ3v) is 9.20. The summed E-state index contributed by atoms with van der Waals surface area (Å²) in [6.07, 6.45) is -2.27. The zero-order valence-electron chi connectivity index (χ0n) is 14.4. The highest BCUT2D eigenvalue weighted by molar-refractivity contribution is 8.91. The summed E-state index contributed by atoms with van der Waals surface area (Å²) in [6, 6.07) is 0. The molecule has 0 aliphatic carbocycles. The minimum atomic E-state index is -5.14. The van der Waals surface area contributed by atoms with Crippen LogP contribution in [0.4, 0.5) is 0 Å². The van der Waals surface area contributed by atoms with E-state index in [-0.39, 0.29) is 12.0 Å². The molecule has 2 unspecified atom stereocenters. The maximum absolute atomic E-state index is 11.9. The minimum absolute atomic E-state index is 0.0974. The molecule has 1 aliphatic rings. The van der Waals surface area contributed by atoms with Gasteiger partial charge in [0.1, 0.15) is 12.3 Å². The number of H-pyrrole nitrogens is 1. The second kappa shape index (κ2) is 9.37. The van der Waals surface area contributed by atoms with E-state index in [2.05, 4.69) is 54.4 Å². The van der Waals surface area contributed by atoms with Crippen molar-refractivity contribution in [2.45, 2.75) is 31.8 Å². The molecule has 4 N–H and O–H groups in total. The summed E-state index contributed by atoms with van der Waals surface area (Å²) >= 11 is 11.8. The quantitative estimate of drug-likeness (QED) is 0.206. The Bertz CT molecular complexity index is 1020. The number of aliphatic hydroxyl groups excluding tert-OH is 1. The molecule has 1 saturated heterocycles. The molecule has 0 radical (unpaired) electrons. The molecule has 0 saturated carbocycles. The monoisotopic (exact) mass is 530 g/mol. The van der Waals surface area contributed by atoms with Gasteiger partial charge in [0, 0.05) is 18.2 Å². The number of hydrogen-bond donors (Lipinski definition) is 6. The van der Waals surface area contributed by atoms with Gasteiger partial charge in [-0.1, -0.05) is 0 Å². The van der Waals surface area contributed by atoms with Gasteiger partial charge in [-0.05, 0) is 18.7 Å². The van der Waals surface area contributed by atoms with Gasteiger partial charge in [0.25, 0.3) is 5.56 Å². The van der Waals surface area contributed by atoms with Crippen molar-refractivity contribution in [1.82, 2.24) is 9.55 Å². The van der Waals surface area contributed by atoms with Crippen LogP contribution in [0.3, 0.4) is 0 Å². The Kier molecular flexibility index (Phi) is 8.23. The van der Waals surface area contributed by atoms with E-state index >= 15 is 0 Å². The highest BCUT2D eigenvalue weighted by Crippen LogP contribution is 2.72. The maximum Gasteiger partial charge on any atom is 0.486 e. The average Bonchev–Trinajstić information content (AvgIpc) is 2.86. The number of nitrogens with zero attached hydrogens (tertiary/aromatic N) is 1. The highest BCUT2D eigenvalue weighted by atomic mass is 33.2. The van der Waals surface area contributed by atoms with Gasteiger partial charge in [-0.2, -0.15) is 4.31 Å². The zero-order chi connectivity index (χ0) is 22.2. The second-order valence-electron chi connectivity index (χ2n) is 5.80. The topological polar surface area (TPSA) is 187 Å². The van der Waals surface area contributed by atoms with Crippen molar-refractivity contribution in [3.8, 4) is 0 Å². The number of phosphoric ester groups is 1. The van der Waals surface area contributed by atoms with Gasteiger partial charge >= 0.3 is 21.3 Å². The molecule has 166 valence electrons. The molecule has 19 heteroatoms. The lowest BCUT2D eigenvalue weighted by molar-refractivity contribution is -0.0450. The van der Waals surface area contributed by atoms with Crippen molar-refractivity contribution in [3.05, 3.63) is 32.6 Å². The van der Waals surface area contributed by atoms with Crippen molar-refractivity contribution in [2.24, 2.45) is 0 Å². The number of hydrogen-bond acceptors (Lipinski definition) is 10. The number of phosphoric acid groups is 2. The summed E-state index contributed by atoms with van der Waals surface area (Å²) in [5.74, 6) is 0. The van der Waals surface area contributed by atoms with E-state index in [9.17, 15) is 33.6 Å². The van der Waals surface area contributed by atoms with Gasteiger partial charge in [-0.3, -0.25) is 18.9 Å². The molecule has 0 spiro atoms. The molecule has 5 atom stereocenters. The molecule has 1 fully saturated rings. The number of aryl methyl sites for hydroxylation is 1. The number of thiol groups is 2. The van der Waals surface area contributed by atoms with Crippen molar-refractivity contribution < 1.29 is 41.9 Å². The Balaban J connectivity index is 2.03. The molecule has 0 aromatic carbocycles. The van der Waals surface area contributed by atoms with E-state index in [1.54, 1.807) is 0 Å². The van der Waals surface area contributed by atoms with Crippen LogP contribution in [0.5, 0.6) is 0 Å². The standard InChI is InChI=1S/C10H17N2O11P3S3/c1-5-3-12(10(15)11-9(5)14)8-2-6(13)7(21-8)4-20-24(16,17)22-25(18,19)23-26(27,28)29/h3,6-8,13H,2,4H2,1H3,(H,16,17)(H,18,19)(H,11,14,15)(H2,27,28,29)/t6-,7+,8+/m0/s1. The Morgan fingerprint density at radius 3 is 2.52 bits per heavy atom. The fourth-order valence-corrected chi connectivity index (χ4v) is 7.76. The van der Waals surface area contributed by atoms with Gasteiger partial charge in [0.15, 0.2) is 4.67 Å². The molecule has 13 nitrogen and oxygen atoms in total. The Morgan fingerprint density at radius 1 is 1.31 bits per heavy atom. The number of aliphatic hydroxyl groups is 1.